The van der Waals surface area contributed by atoms with Gasteiger partial charge in [-0.15, -0.1) is 0 Å². The second-order valence-electron chi connectivity index (χ2n) is 4.80. The second-order valence-corrected chi connectivity index (χ2v) is 6.31. The van der Waals surface area contributed by atoms with Gasteiger partial charge in [0.25, 0.3) is 0 Å². The van der Waals surface area contributed by atoms with Gasteiger partial charge in [-0.3, -0.25) is 0 Å². The largest absolute Gasteiger partial charge is 0.496 e. The predicted molar refractivity (Wildman–Crippen MR) is 88.5 cm³/mol. The summed E-state index contributed by atoms with van der Waals surface area (Å²) in [4.78, 5) is 12.8. The van der Waals surface area contributed by atoms with Crippen LogP contribution in [0.15, 0.2) is 66.7 Å². The van der Waals surface area contributed by atoms with Crippen LogP contribution in [0.4, 0.5) is 0 Å². The number of hydrogen-bond donors (Lipinski definition) is 0. The molecule has 0 N–H and O–H groups in total. The van der Waals surface area contributed by atoms with Crippen LogP contribution in [0.1, 0.15) is 10.4 Å². The van der Waals surface area contributed by atoms with E-state index < -0.39 is 13.3 Å². The Morgan fingerprint density at radius 1 is 0.909 bits per heavy atom. The van der Waals surface area contributed by atoms with Crippen LogP contribution in [-0.4, -0.2) is 12.6 Å². The third-order valence-corrected chi connectivity index (χ3v) is 4.86. The van der Waals surface area contributed by atoms with Gasteiger partial charge in [-0.2, -0.15) is 0 Å². The van der Waals surface area contributed by atoms with E-state index >= 15 is 0 Å². The van der Waals surface area contributed by atoms with Crippen molar-refractivity contribution in [3.05, 3.63) is 72.3 Å². The molecule has 3 nitrogen and oxygen atoms in total. The van der Waals surface area contributed by atoms with Gasteiger partial charge in [-0.25, -0.2) is 4.79 Å². The summed E-state index contributed by atoms with van der Waals surface area (Å²) in [6, 6.07) is 19.9. The predicted octanol–water partition coefficient (Wildman–Crippen LogP) is 4.14. The maximum absolute atomic E-state index is 12.8. The van der Waals surface area contributed by atoms with E-state index in [1.807, 2.05) is 36.4 Å². The maximum Gasteiger partial charge on any atom is 0.458 e. The highest BCUT2D eigenvalue weighted by Gasteiger charge is 2.36. The van der Waals surface area contributed by atoms with Crippen molar-refractivity contribution in [2.75, 3.05) is 7.11 Å². The second kappa shape index (κ2) is 6.08. The fraction of sp³-hybridized carbons (Fsp3) is 0.0556. The molecule has 0 fully saturated rings. The Labute approximate surface area is 129 Å². The van der Waals surface area contributed by atoms with Gasteiger partial charge in [0.15, 0.2) is 5.30 Å². The van der Waals surface area contributed by atoms with Gasteiger partial charge >= 0.3 is 13.3 Å². The van der Waals surface area contributed by atoms with E-state index in [9.17, 15) is 9.36 Å². The average molecular weight is 309 g/mol. The molecule has 0 heterocycles. The molecule has 108 valence electrons. The summed E-state index contributed by atoms with van der Waals surface area (Å²) in [5, 5.41) is 2.20. The lowest BCUT2D eigenvalue weighted by molar-refractivity contribution is 0.107. The molecule has 0 spiro atoms. The fourth-order valence-corrected chi connectivity index (χ4v) is 3.54. The summed E-state index contributed by atoms with van der Waals surface area (Å²) >= 11 is 0. The van der Waals surface area contributed by atoms with E-state index in [0.29, 0.717) is 16.6 Å². The zero-order chi connectivity index (χ0) is 15.5. The number of fused-ring (bicyclic) bond motifs is 1. The highest BCUT2D eigenvalue weighted by molar-refractivity contribution is 7.71. The van der Waals surface area contributed by atoms with E-state index in [1.54, 1.807) is 30.3 Å². The summed E-state index contributed by atoms with van der Waals surface area (Å²) < 4.78 is 17.9. The first-order chi connectivity index (χ1) is 10.7. The Morgan fingerprint density at radius 2 is 1.59 bits per heavy atom. The molecule has 22 heavy (non-hydrogen) atoms. The summed E-state index contributed by atoms with van der Waals surface area (Å²) in [5.41, 5.74) is -0.0274. The monoisotopic (exact) mass is 309 g/mol. The highest BCUT2D eigenvalue weighted by atomic mass is 31.1. The SMILES string of the molecule is COc1ccc2ccccc2c1C(=O)[P+](=O)c1ccccc1. The molecule has 1 unspecified atom stereocenters. The number of benzene rings is 3. The lowest BCUT2D eigenvalue weighted by atomic mass is 10.0. The summed E-state index contributed by atoms with van der Waals surface area (Å²) in [6.45, 7) is 0. The smallest absolute Gasteiger partial charge is 0.458 e. The van der Waals surface area contributed by atoms with Crippen molar-refractivity contribution >= 4 is 29.4 Å². The van der Waals surface area contributed by atoms with Crippen LogP contribution < -0.4 is 10.0 Å². The molecule has 3 aromatic carbocycles. The molecule has 0 bridgehead atoms. The molecule has 0 amide bonds. The first kappa shape index (κ1) is 14.4. The van der Waals surface area contributed by atoms with Crippen molar-refractivity contribution in [2.45, 2.75) is 0 Å². The van der Waals surface area contributed by atoms with Crippen molar-refractivity contribution < 1.29 is 14.1 Å². The topological polar surface area (TPSA) is 43.4 Å². The molecule has 0 aliphatic carbocycles. The fourth-order valence-electron chi connectivity index (χ4n) is 2.42. The van der Waals surface area contributed by atoms with Crippen LogP contribution in [0.25, 0.3) is 10.8 Å². The lowest BCUT2D eigenvalue weighted by Gasteiger charge is -2.07. The standard InChI is InChI=1S/C18H14O3P/c1-21-16-12-11-13-7-5-6-10-15(13)17(16)18(19)22(20)14-8-3-2-4-9-14/h2-12H,1H3/q+1. The van der Waals surface area contributed by atoms with Crippen LogP contribution in [0, 0.1) is 0 Å². The minimum absolute atomic E-state index is 0.380. The quantitative estimate of drug-likeness (QED) is 0.680. The minimum atomic E-state index is -2.18. The number of hydrogen-bond acceptors (Lipinski definition) is 3. The third kappa shape index (κ3) is 2.51. The van der Waals surface area contributed by atoms with Crippen molar-refractivity contribution in [3.63, 3.8) is 0 Å². The van der Waals surface area contributed by atoms with Gasteiger partial charge in [-0.05, 0) is 23.6 Å². The number of carbonyl (C=O) groups is 1. The van der Waals surface area contributed by atoms with Gasteiger partial charge in [0, 0.05) is 5.39 Å². The molecular weight excluding hydrogens is 295 g/mol. The minimum Gasteiger partial charge on any atom is -0.496 e. The zero-order valence-electron chi connectivity index (χ0n) is 12.0. The van der Waals surface area contributed by atoms with Crippen LogP contribution in [-0.2, 0) is 4.57 Å². The summed E-state index contributed by atoms with van der Waals surface area (Å²) in [7, 11) is -0.667. The van der Waals surface area contributed by atoms with E-state index in [-0.39, 0.29) is 0 Å². The maximum atomic E-state index is 12.8. The van der Waals surface area contributed by atoms with Crippen LogP contribution in [0.3, 0.4) is 0 Å². The van der Waals surface area contributed by atoms with Crippen LogP contribution in [0.2, 0.25) is 0 Å². The first-order valence-corrected chi connectivity index (χ1v) is 8.10. The van der Waals surface area contributed by atoms with Crippen molar-refractivity contribution in [2.24, 2.45) is 0 Å². The van der Waals surface area contributed by atoms with Crippen molar-refractivity contribution in [1.82, 2.24) is 0 Å². The summed E-state index contributed by atoms with van der Waals surface area (Å²) in [5.74, 6) is 0.447. The van der Waals surface area contributed by atoms with Gasteiger partial charge in [-0.1, -0.05) is 53.1 Å². The Bertz CT molecular complexity index is 857. The number of methoxy groups -OCH3 is 1. The molecule has 0 saturated carbocycles. The molecule has 0 aromatic heterocycles. The summed E-state index contributed by atoms with van der Waals surface area (Å²) in [6.07, 6.45) is 0. The molecule has 4 heteroatoms. The first-order valence-electron chi connectivity index (χ1n) is 6.85. The highest BCUT2D eigenvalue weighted by Crippen LogP contribution is 2.35. The molecule has 0 aliphatic heterocycles. The molecule has 3 aromatic rings. The number of rotatable bonds is 4. The Morgan fingerprint density at radius 3 is 2.32 bits per heavy atom. The average Bonchev–Trinajstić information content (AvgIpc) is 2.60. The molecular formula is C18H14O3P+. The van der Waals surface area contributed by atoms with Gasteiger partial charge < -0.3 is 4.74 Å². The van der Waals surface area contributed by atoms with Crippen molar-refractivity contribution in [1.29, 1.82) is 0 Å². The Hall–Kier alpha value is -2.51. The Balaban J connectivity index is 2.16. The van der Waals surface area contributed by atoms with Crippen LogP contribution in [0.5, 0.6) is 5.75 Å². The molecule has 0 saturated heterocycles. The molecule has 0 aliphatic rings. The third-order valence-electron chi connectivity index (χ3n) is 3.50. The lowest BCUT2D eigenvalue weighted by Crippen LogP contribution is -2.06. The van der Waals surface area contributed by atoms with E-state index in [1.165, 1.54) is 7.11 Å². The van der Waals surface area contributed by atoms with E-state index in [2.05, 4.69) is 0 Å². The van der Waals surface area contributed by atoms with Crippen molar-refractivity contribution in [3.8, 4) is 5.75 Å². The normalized spacial score (nSPS) is 11.2. The van der Waals surface area contributed by atoms with E-state index in [0.717, 1.165) is 10.8 Å². The molecule has 0 radical (unpaired) electrons. The Kier molecular flexibility index (Phi) is 3.99. The van der Waals surface area contributed by atoms with Gasteiger partial charge in [0.1, 0.15) is 11.3 Å². The van der Waals surface area contributed by atoms with Crippen LogP contribution >= 0.6 is 7.80 Å². The number of carbonyl (C=O) groups excluding carboxylic acids is 1. The molecule has 3 rings (SSSR count). The number of ether oxygens (including phenoxy) is 1. The molecule has 1 atom stereocenters. The zero-order valence-corrected chi connectivity index (χ0v) is 12.9. The van der Waals surface area contributed by atoms with E-state index in [4.69, 9.17) is 4.74 Å². The van der Waals surface area contributed by atoms with Gasteiger partial charge in [0.2, 0.25) is 0 Å². The van der Waals surface area contributed by atoms with Gasteiger partial charge in [0.05, 0.1) is 7.11 Å².